The maximum Gasteiger partial charge on any atom is 0.320 e. The van der Waals surface area contributed by atoms with Gasteiger partial charge in [0, 0.05) is 19.3 Å². The minimum atomic E-state index is -0.698. The molecule has 2 atom stereocenters. The van der Waals surface area contributed by atoms with E-state index in [0.717, 1.165) is 37.9 Å². The molecule has 5 nitrogen and oxygen atoms in total. The second-order valence-electron chi connectivity index (χ2n) is 5.35. The molecular formula is C14H23N3O2. The number of aromatic nitrogens is 2. The zero-order valence-corrected chi connectivity index (χ0v) is 11.7. The van der Waals surface area contributed by atoms with Crippen LogP contribution in [0.5, 0.6) is 0 Å². The van der Waals surface area contributed by atoms with E-state index in [1.165, 1.54) is 6.42 Å². The minimum absolute atomic E-state index is 0.0895. The number of nitrogens with zero attached hydrogens (tertiary/aromatic N) is 3. The number of carboxylic acid groups (broad SMARTS) is 1. The largest absolute Gasteiger partial charge is 0.480 e. The number of carbonyl (C=O) groups is 1. The molecule has 0 spiro atoms. The van der Waals surface area contributed by atoms with Gasteiger partial charge in [0.25, 0.3) is 0 Å². The van der Waals surface area contributed by atoms with Crippen molar-refractivity contribution in [1.82, 2.24) is 14.7 Å². The van der Waals surface area contributed by atoms with Gasteiger partial charge in [0.15, 0.2) is 0 Å². The summed E-state index contributed by atoms with van der Waals surface area (Å²) in [6.07, 6.45) is 6.94. The first-order valence-electron chi connectivity index (χ1n) is 7.07. The molecule has 19 heavy (non-hydrogen) atoms. The van der Waals surface area contributed by atoms with Gasteiger partial charge in [0.1, 0.15) is 6.04 Å². The Labute approximate surface area is 114 Å². The van der Waals surface area contributed by atoms with E-state index in [9.17, 15) is 9.90 Å². The maximum absolute atomic E-state index is 11.5. The quantitative estimate of drug-likeness (QED) is 0.910. The van der Waals surface area contributed by atoms with E-state index in [-0.39, 0.29) is 12.1 Å². The third-order valence-corrected chi connectivity index (χ3v) is 4.11. The fourth-order valence-electron chi connectivity index (χ4n) is 3.00. The van der Waals surface area contributed by atoms with Crippen LogP contribution in [0.4, 0.5) is 0 Å². The Kier molecular flexibility index (Phi) is 4.58. The normalized spacial score (nSPS) is 23.6. The van der Waals surface area contributed by atoms with Crippen LogP contribution < -0.4 is 0 Å². The van der Waals surface area contributed by atoms with Crippen molar-refractivity contribution in [1.29, 1.82) is 0 Å². The smallest absolute Gasteiger partial charge is 0.320 e. The predicted molar refractivity (Wildman–Crippen MR) is 72.8 cm³/mol. The number of carboxylic acids is 1. The Bertz CT molecular complexity index is 430. The summed E-state index contributed by atoms with van der Waals surface area (Å²) < 4.78 is 1.84. The van der Waals surface area contributed by atoms with Crippen LogP contribution in [0.3, 0.4) is 0 Å². The van der Waals surface area contributed by atoms with Crippen molar-refractivity contribution in [2.75, 3.05) is 6.54 Å². The lowest BCUT2D eigenvalue weighted by molar-refractivity contribution is -0.145. The molecule has 2 rings (SSSR count). The molecule has 1 saturated heterocycles. The van der Waals surface area contributed by atoms with Gasteiger partial charge in [-0.1, -0.05) is 19.3 Å². The van der Waals surface area contributed by atoms with Gasteiger partial charge in [-0.3, -0.25) is 14.4 Å². The van der Waals surface area contributed by atoms with Crippen molar-refractivity contribution in [3.05, 3.63) is 18.0 Å². The molecule has 0 aromatic carbocycles. The van der Waals surface area contributed by atoms with E-state index >= 15 is 0 Å². The van der Waals surface area contributed by atoms with Crippen LogP contribution in [0.2, 0.25) is 0 Å². The molecule has 5 heteroatoms. The number of aliphatic carboxylic acids is 1. The van der Waals surface area contributed by atoms with Gasteiger partial charge in [-0.25, -0.2) is 0 Å². The summed E-state index contributed by atoms with van der Waals surface area (Å²) in [4.78, 5) is 13.6. The number of hydrogen-bond acceptors (Lipinski definition) is 3. The van der Waals surface area contributed by atoms with Crippen molar-refractivity contribution in [2.45, 2.75) is 51.1 Å². The topological polar surface area (TPSA) is 58.4 Å². The summed E-state index contributed by atoms with van der Waals surface area (Å²) >= 11 is 0. The Hall–Kier alpha value is -1.36. The van der Waals surface area contributed by atoms with Crippen molar-refractivity contribution in [3.8, 4) is 0 Å². The lowest BCUT2D eigenvalue weighted by atomic mass is 9.99. The summed E-state index contributed by atoms with van der Waals surface area (Å²) in [5, 5.41) is 13.7. The first kappa shape index (κ1) is 14.1. The highest BCUT2D eigenvalue weighted by Gasteiger charge is 2.31. The van der Waals surface area contributed by atoms with E-state index in [2.05, 4.69) is 16.9 Å². The van der Waals surface area contributed by atoms with Gasteiger partial charge in [0.05, 0.1) is 5.69 Å². The minimum Gasteiger partial charge on any atom is -0.480 e. The zero-order valence-electron chi connectivity index (χ0n) is 11.7. The van der Waals surface area contributed by atoms with Crippen molar-refractivity contribution < 1.29 is 9.90 Å². The van der Waals surface area contributed by atoms with Crippen molar-refractivity contribution in [3.63, 3.8) is 0 Å². The fourth-order valence-corrected chi connectivity index (χ4v) is 3.00. The molecule has 106 valence electrons. The van der Waals surface area contributed by atoms with Gasteiger partial charge >= 0.3 is 5.97 Å². The molecule has 2 heterocycles. The molecule has 0 aliphatic carbocycles. The summed E-state index contributed by atoms with van der Waals surface area (Å²) in [5.74, 6) is -0.698. The van der Waals surface area contributed by atoms with Crippen LogP contribution in [0.15, 0.2) is 12.3 Å². The molecule has 1 N–H and O–H groups in total. The highest BCUT2D eigenvalue weighted by Crippen LogP contribution is 2.27. The Morgan fingerprint density at radius 3 is 2.79 bits per heavy atom. The highest BCUT2D eigenvalue weighted by molar-refractivity contribution is 5.73. The Balaban J connectivity index is 2.21. The average molecular weight is 265 g/mol. The summed E-state index contributed by atoms with van der Waals surface area (Å²) in [6, 6.07) is 1.69. The van der Waals surface area contributed by atoms with Crippen LogP contribution >= 0.6 is 0 Å². The second-order valence-corrected chi connectivity index (χ2v) is 5.35. The molecule has 0 saturated carbocycles. The predicted octanol–water partition coefficient (Wildman–Crippen LogP) is 2.20. The second kappa shape index (κ2) is 6.19. The van der Waals surface area contributed by atoms with Crippen LogP contribution in [-0.2, 0) is 11.8 Å². The van der Waals surface area contributed by atoms with Gasteiger partial charge in [0.2, 0.25) is 0 Å². The number of hydrogen-bond donors (Lipinski definition) is 1. The lowest BCUT2D eigenvalue weighted by Crippen LogP contribution is -2.44. The fraction of sp³-hybridized carbons (Fsp3) is 0.714. The first-order valence-corrected chi connectivity index (χ1v) is 7.07. The van der Waals surface area contributed by atoms with E-state index in [1.807, 2.05) is 17.8 Å². The average Bonchev–Trinajstić information content (AvgIpc) is 2.74. The molecule has 0 bridgehead atoms. The van der Waals surface area contributed by atoms with Crippen LogP contribution in [-0.4, -0.2) is 38.3 Å². The molecule has 1 aromatic heterocycles. The monoisotopic (exact) mass is 265 g/mol. The number of aryl methyl sites for hydroxylation is 1. The summed E-state index contributed by atoms with van der Waals surface area (Å²) in [7, 11) is 1.91. The number of rotatable bonds is 3. The van der Waals surface area contributed by atoms with Gasteiger partial charge in [-0.15, -0.1) is 0 Å². The van der Waals surface area contributed by atoms with Crippen molar-refractivity contribution >= 4 is 5.97 Å². The van der Waals surface area contributed by atoms with Crippen molar-refractivity contribution in [2.24, 2.45) is 7.05 Å². The number of likely N-dealkylation sites (tertiary alicyclic amines) is 1. The Morgan fingerprint density at radius 2 is 2.16 bits per heavy atom. The SMILES string of the molecule is CC(c1ccnn1C)N1CCCCCCC1C(=O)O. The standard InChI is InChI=1S/C14H23N3O2/c1-11(12-8-9-15-16(12)2)17-10-6-4-3-5-7-13(17)14(18)19/h8-9,11,13H,3-7,10H2,1-2H3,(H,18,19). The van der Waals surface area contributed by atoms with E-state index in [0.29, 0.717) is 0 Å². The van der Waals surface area contributed by atoms with Crippen LogP contribution in [0.25, 0.3) is 0 Å². The van der Waals surface area contributed by atoms with E-state index < -0.39 is 5.97 Å². The third-order valence-electron chi connectivity index (χ3n) is 4.11. The van der Waals surface area contributed by atoms with Gasteiger partial charge in [-0.05, 0) is 32.4 Å². The molecule has 1 fully saturated rings. The molecule has 1 aromatic rings. The van der Waals surface area contributed by atoms with Gasteiger partial charge < -0.3 is 5.11 Å². The van der Waals surface area contributed by atoms with Crippen LogP contribution in [0, 0.1) is 0 Å². The third kappa shape index (κ3) is 3.15. The molecular weight excluding hydrogens is 242 g/mol. The zero-order chi connectivity index (χ0) is 13.8. The lowest BCUT2D eigenvalue weighted by Gasteiger charge is -2.35. The van der Waals surface area contributed by atoms with E-state index in [4.69, 9.17) is 0 Å². The van der Waals surface area contributed by atoms with Gasteiger partial charge in [-0.2, -0.15) is 5.10 Å². The Morgan fingerprint density at radius 1 is 1.42 bits per heavy atom. The molecule has 2 unspecified atom stereocenters. The molecule has 1 aliphatic heterocycles. The van der Waals surface area contributed by atoms with E-state index in [1.54, 1.807) is 6.20 Å². The molecule has 1 aliphatic rings. The molecule has 0 amide bonds. The maximum atomic E-state index is 11.5. The highest BCUT2D eigenvalue weighted by atomic mass is 16.4. The first-order chi connectivity index (χ1) is 9.11. The summed E-state index contributed by atoms with van der Waals surface area (Å²) in [5.41, 5.74) is 1.08. The van der Waals surface area contributed by atoms with Crippen LogP contribution in [0.1, 0.15) is 50.8 Å². The summed E-state index contributed by atoms with van der Waals surface area (Å²) in [6.45, 7) is 2.93. The molecule has 0 radical (unpaired) electrons.